The highest BCUT2D eigenvalue weighted by molar-refractivity contribution is 9.10. The summed E-state index contributed by atoms with van der Waals surface area (Å²) in [5.74, 6) is -2.57. The van der Waals surface area contributed by atoms with Crippen molar-refractivity contribution in [2.24, 2.45) is 11.8 Å². The minimum Gasteiger partial charge on any atom is -0.271 e. The third-order valence-corrected chi connectivity index (χ3v) is 3.22. The first-order valence-corrected chi connectivity index (χ1v) is 5.93. The van der Waals surface area contributed by atoms with Crippen LogP contribution in [0.15, 0.2) is 16.6 Å². The molecule has 0 aliphatic rings. The number of nitrogens with two attached hydrogens (primary N) is 1. The minimum atomic E-state index is -5.81. The van der Waals surface area contributed by atoms with E-state index in [1.807, 2.05) is 0 Å². The zero-order chi connectivity index (χ0) is 16.6. The van der Waals surface area contributed by atoms with Gasteiger partial charge in [-0.15, -0.1) is 0 Å². The van der Waals surface area contributed by atoms with Crippen molar-refractivity contribution in [3.05, 3.63) is 33.8 Å². The smallest absolute Gasteiger partial charge is 0.271 e. The Labute approximate surface area is 121 Å². The first-order valence-electron chi connectivity index (χ1n) is 5.14. The van der Waals surface area contributed by atoms with Crippen LogP contribution in [-0.2, 0) is 0 Å². The molecule has 3 N–H and O–H groups in total. The van der Waals surface area contributed by atoms with Crippen LogP contribution in [0.4, 0.5) is 35.1 Å². The second-order valence-corrected chi connectivity index (χ2v) is 4.82. The van der Waals surface area contributed by atoms with Gasteiger partial charge in [0.25, 0.3) is 0 Å². The van der Waals surface area contributed by atoms with Gasteiger partial charge < -0.3 is 0 Å². The van der Waals surface area contributed by atoms with Crippen molar-refractivity contribution < 1.29 is 35.1 Å². The van der Waals surface area contributed by atoms with E-state index in [0.717, 1.165) is 6.07 Å². The van der Waals surface area contributed by atoms with E-state index in [0.29, 0.717) is 6.07 Å². The number of alkyl halides is 6. The fourth-order valence-electron chi connectivity index (χ4n) is 1.74. The van der Waals surface area contributed by atoms with Crippen LogP contribution in [0.5, 0.6) is 0 Å². The van der Waals surface area contributed by atoms with Gasteiger partial charge in [0.15, 0.2) is 5.92 Å². The number of hydrazine groups is 1. The topological polar surface area (TPSA) is 38.0 Å². The summed E-state index contributed by atoms with van der Waals surface area (Å²) in [6.07, 6.45) is -11.6. The summed E-state index contributed by atoms with van der Waals surface area (Å²) < 4.78 is 103. The van der Waals surface area contributed by atoms with Crippen molar-refractivity contribution >= 4 is 15.9 Å². The van der Waals surface area contributed by atoms with E-state index < -0.39 is 46.0 Å². The predicted molar refractivity (Wildman–Crippen MR) is 59.7 cm³/mol. The van der Waals surface area contributed by atoms with Crippen molar-refractivity contribution in [3.8, 4) is 0 Å². The molecule has 120 valence electrons. The minimum absolute atomic E-state index is 0.498. The van der Waals surface area contributed by atoms with E-state index in [2.05, 4.69) is 21.8 Å². The second kappa shape index (κ2) is 6.05. The molecule has 0 aliphatic carbocycles. The maximum Gasteiger partial charge on any atom is 0.402 e. The van der Waals surface area contributed by atoms with Gasteiger partial charge in [0.05, 0.1) is 10.5 Å². The highest BCUT2D eigenvalue weighted by Crippen LogP contribution is 2.47. The second-order valence-electron chi connectivity index (χ2n) is 3.96. The van der Waals surface area contributed by atoms with Crippen molar-refractivity contribution in [2.75, 3.05) is 0 Å². The van der Waals surface area contributed by atoms with Gasteiger partial charge in [-0.3, -0.25) is 11.3 Å². The Hall–Kier alpha value is -0.940. The Morgan fingerprint density at radius 1 is 1.00 bits per heavy atom. The predicted octanol–water partition coefficient (Wildman–Crippen LogP) is 3.97. The van der Waals surface area contributed by atoms with Gasteiger partial charge in [-0.1, -0.05) is 0 Å². The Bertz CT molecular complexity index is 499. The van der Waals surface area contributed by atoms with E-state index in [9.17, 15) is 35.1 Å². The molecule has 1 aromatic carbocycles. The molecule has 0 heterocycles. The largest absolute Gasteiger partial charge is 0.402 e. The maximum absolute atomic E-state index is 13.7. The van der Waals surface area contributed by atoms with Gasteiger partial charge in [-0.2, -0.15) is 26.3 Å². The summed E-state index contributed by atoms with van der Waals surface area (Å²) in [4.78, 5) is 0. The third kappa shape index (κ3) is 3.83. The third-order valence-electron chi connectivity index (χ3n) is 2.61. The molecule has 1 rings (SSSR count). The molecule has 21 heavy (non-hydrogen) atoms. The van der Waals surface area contributed by atoms with Gasteiger partial charge in [0.1, 0.15) is 11.6 Å². The lowest BCUT2D eigenvalue weighted by molar-refractivity contribution is -0.293. The summed E-state index contributed by atoms with van der Waals surface area (Å²) in [5.41, 5.74) is -0.253. The summed E-state index contributed by atoms with van der Waals surface area (Å²) in [5, 5.41) is 0. The average molecular weight is 387 g/mol. The van der Waals surface area contributed by atoms with E-state index in [1.165, 1.54) is 5.43 Å². The van der Waals surface area contributed by atoms with Gasteiger partial charge >= 0.3 is 12.4 Å². The molecule has 0 aliphatic heterocycles. The molecule has 2 nitrogen and oxygen atoms in total. The molecule has 11 heteroatoms. The molecule has 0 aromatic heterocycles. The first-order chi connectivity index (χ1) is 9.41. The number of benzene rings is 1. The lowest BCUT2D eigenvalue weighted by Gasteiger charge is -2.30. The van der Waals surface area contributed by atoms with Crippen molar-refractivity contribution in [1.82, 2.24) is 5.43 Å². The van der Waals surface area contributed by atoms with Crippen LogP contribution in [0.25, 0.3) is 0 Å². The maximum atomic E-state index is 13.7. The van der Waals surface area contributed by atoms with Crippen molar-refractivity contribution in [3.63, 3.8) is 0 Å². The molecule has 0 radical (unpaired) electrons. The Morgan fingerprint density at radius 2 is 1.48 bits per heavy atom. The van der Waals surface area contributed by atoms with Crippen LogP contribution < -0.4 is 11.3 Å². The highest BCUT2D eigenvalue weighted by Gasteiger charge is 2.61. The first kappa shape index (κ1) is 18.1. The zero-order valence-corrected chi connectivity index (χ0v) is 11.4. The summed E-state index contributed by atoms with van der Waals surface area (Å²) in [6, 6.07) is -1.54. The molecule has 1 atom stereocenters. The number of halogens is 9. The van der Waals surface area contributed by atoms with Crippen molar-refractivity contribution in [1.29, 1.82) is 0 Å². The molecule has 1 aromatic rings. The SMILES string of the molecule is NNC(c1c(F)ccc(Br)c1F)C(C(F)(F)F)C(F)(F)F. The fraction of sp³-hybridized carbons (Fsp3) is 0.400. The van der Waals surface area contributed by atoms with E-state index in [4.69, 9.17) is 0 Å². The van der Waals surface area contributed by atoms with Crippen LogP contribution >= 0.6 is 15.9 Å². The fourth-order valence-corrected chi connectivity index (χ4v) is 2.08. The van der Waals surface area contributed by atoms with Gasteiger partial charge in [-0.05, 0) is 28.1 Å². The number of nitrogens with one attached hydrogen (secondary N) is 1. The Kier molecular flexibility index (Phi) is 5.22. The van der Waals surface area contributed by atoms with Crippen LogP contribution in [0.3, 0.4) is 0 Å². The average Bonchev–Trinajstić information content (AvgIpc) is 2.29. The monoisotopic (exact) mass is 386 g/mol. The van der Waals surface area contributed by atoms with E-state index >= 15 is 0 Å². The summed E-state index contributed by atoms with van der Waals surface area (Å²) in [6.45, 7) is 0. The lowest BCUT2D eigenvalue weighted by atomic mass is 9.91. The Balaban J connectivity index is 3.52. The van der Waals surface area contributed by atoms with Crippen LogP contribution in [0.1, 0.15) is 11.6 Å². The number of rotatable bonds is 3. The molecule has 0 fully saturated rings. The summed E-state index contributed by atoms with van der Waals surface area (Å²) >= 11 is 2.55. The van der Waals surface area contributed by atoms with Crippen molar-refractivity contribution in [2.45, 2.75) is 18.4 Å². The van der Waals surface area contributed by atoms with E-state index in [1.54, 1.807) is 0 Å². The van der Waals surface area contributed by atoms with Crippen LogP contribution in [0, 0.1) is 17.6 Å². The van der Waals surface area contributed by atoms with Gasteiger partial charge in [0, 0.05) is 5.56 Å². The van der Waals surface area contributed by atoms with E-state index in [-0.39, 0.29) is 0 Å². The molecule has 0 saturated heterocycles. The summed E-state index contributed by atoms with van der Waals surface area (Å²) in [7, 11) is 0. The molecule has 1 unspecified atom stereocenters. The molecule has 0 spiro atoms. The Morgan fingerprint density at radius 3 is 1.86 bits per heavy atom. The molecular weight excluding hydrogens is 380 g/mol. The van der Waals surface area contributed by atoms with Crippen LogP contribution in [-0.4, -0.2) is 12.4 Å². The highest BCUT2D eigenvalue weighted by atomic mass is 79.9. The molecular formula is C10H7BrF8N2. The van der Waals surface area contributed by atoms with Gasteiger partial charge in [0.2, 0.25) is 0 Å². The molecule has 0 saturated carbocycles. The number of hydrogen-bond donors (Lipinski definition) is 2. The normalized spacial score (nSPS) is 14.6. The zero-order valence-electron chi connectivity index (χ0n) is 9.79. The standard InChI is InChI=1S/C10H7BrF8N2/c11-3-1-2-4(12)5(6(3)13)7(21-20)8(9(14,15)16)10(17,18)19/h1-2,7-8,21H,20H2. The molecule has 0 amide bonds. The number of hydrogen-bond acceptors (Lipinski definition) is 2. The molecule has 0 bridgehead atoms. The van der Waals surface area contributed by atoms with Gasteiger partial charge in [-0.25, -0.2) is 8.78 Å². The lowest BCUT2D eigenvalue weighted by Crippen LogP contribution is -2.48. The quantitative estimate of drug-likeness (QED) is 0.357. The van der Waals surface area contributed by atoms with Crippen LogP contribution in [0.2, 0.25) is 0 Å².